The molecule has 0 atom stereocenters. The van der Waals surface area contributed by atoms with Crippen molar-refractivity contribution in [2.45, 2.75) is 39.5 Å². The highest BCUT2D eigenvalue weighted by Gasteiger charge is 2.10. The maximum atomic E-state index is 12.4. The Hall–Kier alpha value is -2.75. The molecule has 1 heterocycles. The lowest BCUT2D eigenvalue weighted by Crippen LogP contribution is -2.24. The summed E-state index contributed by atoms with van der Waals surface area (Å²) in [6.07, 6.45) is 3.60. The van der Waals surface area contributed by atoms with Gasteiger partial charge in [0.2, 0.25) is 0 Å². The molecule has 1 amide bonds. The average Bonchev–Trinajstić information content (AvgIpc) is 2.70. The van der Waals surface area contributed by atoms with Crippen LogP contribution in [0.3, 0.4) is 0 Å². The Balaban J connectivity index is 1.64. The molecule has 1 N–H and O–H groups in total. The van der Waals surface area contributed by atoms with Gasteiger partial charge in [-0.1, -0.05) is 44.2 Å². The van der Waals surface area contributed by atoms with E-state index in [1.165, 1.54) is 5.56 Å². The van der Waals surface area contributed by atoms with Crippen LogP contribution >= 0.6 is 0 Å². The van der Waals surface area contributed by atoms with Crippen molar-refractivity contribution in [1.29, 1.82) is 0 Å². The first kappa shape index (κ1) is 18.1. The molecule has 26 heavy (non-hydrogen) atoms. The molecule has 0 saturated heterocycles. The molecular weight excluding hydrogens is 322 g/mol. The quantitative estimate of drug-likeness (QED) is 0.654. The third-order valence-electron chi connectivity index (χ3n) is 4.52. The lowest BCUT2D eigenvalue weighted by molar-refractivity contribution is 0.0953. The molecule has 0 unspecified atom stereocenters. The van der Waals surface area contributed by atoms with Crippen molar-refractivity contribution >= 4 is 16.9 Å². The van der Waals surface area contributed by atoms with Crippen LogP contribution in [0.5, 0.6) is 0 Å². The number of amides is 1. The first-order chi connectivity index (χ1) is 12.7. The van der Waals surface area contributed by atoms with Crippen LogP contribution in [0.2, 0.25) is 0 Å². The third-order valence-corrected chi connectivity index (χ3v) is 4.52. The minimum atomic E-state index is -0.0561. The number of carbonyl (C=O) groups is 1. The van der Waals surface area contributed by atoms with Gasteiger partial charge in [0.15, 0.2) is 0 Å². The number of hydrogen-bond donors (Lipinski definition) is 1. The van der Waals surface area contributed by atoms with E-state index in [0.29, 0.717) is 12.1 Å². The van der Waals surface area contributed by atoms with E-state index in [0.717, 1.165) is 48.1 Å². The van der Waals surface area contributed by atoms with Crippen molar-refractivity contribution in [3.05, 3.63) is 71.0 Å². The van der Waals surface area contributed by atoms with Crippen molar-refractivity contribution in [3.63, 3.8) is 0 Å². The first-order valence-corrected chi connectivity index (χ1v) is 9.33. The molecule has 3 rings (SSSR count). The fourth-order valence-electron chi connectivity index (χ4n) is 3.08. The number of benzene rings is 2. The Morgan fingerprint density at radius 1 is 0.923 bits per heavy atom. The summed E-state index contributed by atoms with van der Waals surface area (Å²) in [4.78, 5) is 21.8. The summed E-state index contributed by atoms with van der Waals surface area (Å²) in [5.41, 5.74) is 5.62. The molecule has 4 nitrogen and oxygen atoms in total. The second-order valence-corrected chi connectivity index (χ2v) is 6.37. The third kappa shape index (κ3) is 4.26. The van der Waals surface area contributed by atoms with E-state index in [1.807, 2.05) is 36.4 Å². The Labute approximate surface area is 154 Å². The van der Waals surface area contributed by atoms with Crippen molar-refractivity contribution in [2.24, 2.45) is 0 Å². The lowest BCUT2D eigenvalue weighted by atomic mass is 10.1. The van der Waals surface area contributed by atoms with E-state index in [4.69, 9.17) is 4.98 Å². The highest BCUT2D eigenvalue weighted by Crippen LogP contribution is 2.16. The minimum Gasteiger partial charge on any atom is -0.352 e. The molecule has 0 fully saturated rings. The van der Waals surface area contributed by atoms with Crippen LogP contribution in [0.4, 0.5) is 0 Å². The summed E-state index contributed by atoms with van der Waals surface area (Å²) < 4.78 is 0. The molecule has 134 valence electrons. The summed E-state index contributed by atoms with van der Waals surface area (Å²) in [6, 6.07) is 15.9. The summed E-state index contributed by atoms with van der Waals surface area (Å²) in [5.74, 6) is -0.0561. The van der Waals surface area contributed by atoms with Gasteiger partial charge in [0.1, 0.15) is 0 Å². The zero-order valence-corrected chi connectivity index (χ0v) is 15.5. The fourth-order valence-corrected chi connectivity index (χ4v) is 3.08. The van der Waals surface area contributed by atoms with Crippen molar-refractivity contribution in [1.82, 2.24) is 15.3 Å². The fraction of sp³-hybridized carbons (Fsp3) is 0.318. The molecule has 1 aromatic heterocycles. The second-order valence-electron chi connectivity index (χ2n) is 6.37. The predicted molar refractivity (Wildman–Crippen MR) is 105 cm³/mol. The second kappa shape index (κ2) is 8.56. The topological polar surface area (TPSA) is 54.9 Å². The van der Waals surface area contributed by atoms with Crippen LogP contribution in [-0.2, 0) is 19.3 Å². The molecule has 3 aromatic rings. The number of aromatic nitrogens is 2. The monoisotopic (exact) mass is 347 g/mol. The predicted octanol–water partition coefficient (Wildman–Crippen LogP) is 4.12. The van der Waals surface area contributed by atoms with E-state index < -0.39 is 0 Å². The van der Waals surface area contributed by atoms with Crippen LogP contribution in [0.25, 0.3) is 11.0 Å². The van der Waals surface area contributed by atoms with Crippen LogP contribution in [0.15, 0.2) is 48.5 Å². The maximum absolute atomic E-state index is 12.4. The van der Waals surface area contributed by atoms with E-state index in [-0.39, 0.29) is 5.91 Å². The van der Waals surface area contributed by atoms with Gasteiger partial charge in [-0.2, -0.15) is 0 Å². The van der Waals surface area contributed by atoms with Crippen LogP contribution in [0, 0.1) is 0 Å². The minimum absolute atomic E-state index is 0.0561. The van der Waals surface area contributed by atoms with E-state index in [1.54, 1.807) is 0 Å². The molecule has 0 saturated carbocycles. The Bertz CT molecular complexity index is 891. The molecule has 4 heteroatoms. The molecule has 0 aliphatic rings. The van der Waals surface area contributed by atoms with E-state index in [2.05, 4.69) is 36.3 Å². The van der Waals surface area contributed by atoms with Gasteiger partial charge >= 0.3 is 0 Å². The highest BCUT2D eigenvalue weighted by atomic mass is 16.1. The zero-order valence-electron chi connectivity index (χ0n) is 15.5. The van der Waals surface area contributed by atoms with Gasteiger partial charge in [-0.3, -0.25) is 4.79 Å². The van der Waals surface area contributed by atoms with Crippen molar-refractivity contribution in [3.8, 4) is 0 Å². The maximum Gasteiger partial charge on any atom is 0.251 e. The largest absolute Gasteiger partial charge is 0.352 e. The molecular formula is C22H25N3O. The van der Waals surface area contributed by atoms with Gasteiger partial charge in [0, 0.05) is 12.1 Å². The van der Waals surface area contributed by atoms with E-state index in [9.17, 15) is 4.79 Å². The van der Waals surface area contributed by atoms with Crippen molar-refractivity contribution in [2.75, 3.05) is 6.54 Å². The van der Waals surface area contributed by atoms with Gasteiger partial charge in [-0.05, 0) is 49.4 Å². The number of fused-ring (bicyclic) bond motifs is 1. The Morgan fingerprint density at radius 3 is 2.31 bits per heavy atom. The Kier molecular flexibility index (Phi) is 5.95. The molecule has 0 bridgehead atoms. The van der Waals surface area contributed by atoms with Gasteiger partial charge in [0.05, 0.1) is 22.4 Å². The molecule has 0 aliphatic heterocycles. The van der Waals surface area contributed by atoms with Crippen LogP contribution in [-0.4, -0.2) is 22.4 Å². The van der Waals surface area contributed by atoms with Gasteiger partial charge in [-0.15, -0.1) is 0 Å². The number of hydrogen-bond acceptors (Lipinski definition) is 3. The van der Waals surface area contributed by atoms with Gasteiger partial charge < -0.3 is 5.32 Å². The zero-order chi connectivity index (χ0) is 18.4. The summed E-state index contributed by atoms with van der Waals surface area (Å²) in [6.45, 7) is 4.83. The number of nitrogens with one attached hydrogen (secondary N) is 1. The summed E-state index contributed by atoms with van der Waals surface area (Å²) in [5, 5.41) is 3.00. The number of carbonyl (C=O) groups excluding carboxylic acids is 1. The standard InChI is InChI=1S/C22H25N3O/c1-3-18-19(4-2)25-21-15-17(12-13-20(21)24-18)22(26)23-14-8-11-16-9-6-5-7-10-16/h5-7,9-10,12-13,15H,3-4,8,11,14H2,1-2H3,(H,23,26). The smallest absolute Gasteiger partial charge is 0.251 e. The average molecular weight is 347 g/mol. The summed E-state index contributed by atoms with van der Waals surface area (Å²) in [7, 11) is 0. The molecule has 0 aliphatic carbocycles. The Morgan fingerprint density at radius 2 is 1.62 bits per heavy atom. The van der Waals surface area contributed by atoms with Crippen LogP contribution < -0.4 is 5.32 Å². The highest BCUT2D eigenvalue weighted by molar-refractivity contribution is 5.97. The molecule has 0 radical (unpaired) electrons. The van der Waals surface area contributed by atoms with Crippen LogP contribution in [0.1, 0.15) is 47.6 Å². The lowest BCUT2D eigenvalue weighted by Gasteiger charge is -2.09. The number of aryl methyl sites for hydroxylation is 3. The SMILES string of the molecule is CCc1nc2ccc(C(=O)NCCCc3ccccc3)cc2nc1CC. The normalized spacial score (nSPS) is 10.8. The summed E-state index contributed by atoms with van der Waals surface area (Å²) >= 11 is 0. The van der Waals surface area contributed by atoms with Gasteiger partial charge in [0.25, 0.3) is 5.91 Å². The van der Waals surface area contributed by atoms with Gasteiger partial charge in [-0.25, -0.2) is 9.97 Å². The number of rotatable bonds is 7. The molecule has 2 aromatic carbocycles. The van der Waals surface area contributed by atoms with E-state index >= 15 is 0 Å². The molecule has 0 spiro atoms. The van der Waals surface area contributed by atoms with Crippen molar-refractivity contribution < 1.29 is 4.79 Å². The number of nitrogens with zero attached hydrogens (tertiary/aromatic N) is 2. The first-order valence-electron chi connectivity index (χ1n) is 9.33.